The van der Waals surface area contributed by atoms with Gasteiger partial charge in [-0.05, 0) is 62.1 Å². The van der Waals surface area contributed by atoms with Crippen LogP contribution < -0.4 is 9.62 Å². The first-order valence-corrected chi connectivity index (χ1v) is 15.4. The fraction of sp³-hybridized carbons (Fsp3) is 0.481. The van der Waals surface area contributed by atoms with E-state index in [9.17, 15) is 31.2 Å². The zero-order chi connectivity index (χ0) is 28.8. The number of nitrogens with zero attached hydrogens (tertiary/aromatic N) is 2. The Morgan fingerprint density at radius 2 is 1.77 bits per heavy atom. The van der Waals surface area contributed by atoms with Crippen LogP contribution in [-0.2, 0) is 32.3 Å². The highest BCUT2D eigenvalue weighted by atomic mass is 79.9. The average Bonchev–Trinajstić information content (AvgIpc) is 3.36. The Morgan fingerprint density at radius 3 is 2.38 bits per heavy atom. The average molecular weight is 633 g/mol. The van der Waals surface area contributed by atoms with Gasteiger partial charge in [-0.1, -0.05) is 47.0 Å². The van der Waals surface area contributed by atoms with Crippen molar-refractivity contribution in [1.29, 1.82) is 0 Å². The molecule has 1 fully saturated rings. The summed E-state index contributed by atoms with van der Waals surface area (Å²) in [5.74, 6) is -0.617. The number of carbonyl (C=O) groups excluding carboxylic acids is 2. The lowest BCUT2D eigenvalue weighted by atomic mass is 10.1. The maximum atomic E-state index is 13.4. The van der Waals surface area contributed by atoms with Crippen molar-refractivity contribution in [2.24, 2.45) is 0 Å². The minimum Gasteiger partial charge on any atom is -0.352 e. The molecule has 39 heavy (non-hydrogen) atoms. The first kappa shape index (κ1) is 30.9. The van der Waals surface area contributed by atoms with Crippen molar-refractivity contribution in [3.8, 4) is 0 Å². The molecule has 1 aliphatic rings. The number of benzene rings is 2. The number of nitrogens with one attached hydrogen (secondary N) is 1. The van der Waals surface area contributed by atoms with E-state index in [0.29, 0.717) is 0 Å². The number of rotatable bonds is 11. The molecule has 1 atom stereocenters. The quantitative estimate of drug-likeness (QED) is 0.355. The highest BCUT2D eigenvalue weighted by molar-refractivity contribution is 9.10. The van der Waals surface area contributed by atoms with Crippen LogP contribution >= 0.6 is 15.9 Å². The summed E-state index contributed by atoms with van der Waals surface area (Å²) in [7, 11) is -3.92. The molecule has 0 aliphatic heterocycles. The van der Waals surface area contributed by atoms with Crippen molar-refractivity contribution in [3.05, 3.63) is 64.1 Å². The molecule has 12 heteroatoms. The Balaban J connectivity index is 1.74. The predicted octanol–water partition coefficient (Wildman–Crippen LogP) is 5.49. The Kier molecular flexibility index (Phi) is 10.4. The van der Waals surface area contributed by atoms with E-state index in [-0.39, 0.29) is 49.5 Å². The van der Waals surface area contributed by atoms with Crippen molar-refractivity contribution in [2.45, 2.75) is 70.3 Å². The van der Waals surface area contributed by atoms with Crippen LogP contribution in [0.5, 0.6) is 0 Å². The van der Waals surface area contributed by atoms with E-state index in [4.69, 9.17) is 0 Å². The number of amides is 2. The van der Waals surface area contributed by atoms with Gasteiger partial charge in [0.2, 0.25) is 21.8 Å². The highest BCUT2D eigenvalue weighted by Crippen LogP contribution is 2.32. The Hall–Kier alpha value is -2.60. The SMILES string of the molecule is C[C@@H](C(=O)NC1CCCC1)N(Cc1cccc(Br)c1)C(=O)CCCN(c1cccc(C(F)(F)F)c1)S(C)(=O)=O. The second-order valence-electron chi connectivity index (χ2n) is 9.80. The molecule has 214 valence electrons. The van der Waals surface area contributed by atoms with Gasteiger partial charge in [0.1, 0.15) is 6.04 Å². The Morgan fingerprint density at radius 1 is 1.10 bits per heavy atom. The smallest absolute Gasteiger partial charge is 0.352 e. The molecule has 2 aromatic carbocycles. The fourth-order valence-corrected chi connectivity index (χ4v) is 6.05. The second kappa shape index (κ2) is 13.2. The van der Waals surface area contributed by atoms with Gasteiger partial charge in [0, 0.05) is 30.0 Å². The van der Waals surface area contributed by atoms with Crippen LogP contribution in [0.15, 0.2) is 53.0 Å². The lowest BCUT2D eigenvalue weighted by molar-refractivity contribution is -0.141. The zero-order valence-corrected chi connectivity index (χ0v) is 24.3. The van der Waals surface area contributed by atoms with E-state index in [0.717, 1.165) is 64.5 Å². The van der Waals surface area contributed by atoms with E-state index in [2.05, 4.69) is 21.2 Å². The van der Waals surface area contributed by atoms with Crippen molar-refractivity contribution in [1.82, 2.24) is 10.2 Å². The Bertz CT molecular complexity index is 1270. The molecule has 0 unspecified atom stereocenters. The van der Waals surface area contributed by atoms with Crippen LogP contribution in [0.4, 0.5) is 18.9 Å². The van der Waals surface area contributed by atoms with Gasteiger partial charge in [-0.2, -0.15) is 13.2 Å². The summed E-state index contributed by atoms with van der Waals surface area (Å²) in [5, 5.41) is 3.02. The van der Waals surface area contributed by atoms with E-state index >= 15 is 0 Å². The van der Waals surface area contributed by atoms with Gasteiger partial charge >= 0.3 is 6.18 Å². The van der Waals surface area contributed by atoms with Crippen LogP contribution in [0, 0.1) is 0 Å². The van der Waals surface area contributed by atoms with Crippen molar-refractivity contribution in [2.75, 3.05) is 17.1 Å². The predicted molar refractivity (Wildman–Crippen MR) is 147 cm³/mol. The summed E-state index contributed by atoms with van der Waals surface area (Å²) >= 11 is 3.41. The van der Waals surface area contributed by atoms with E-state index in [1.165, 1.54) is 11.0 Å². The Labute approximate surface area is 235 Å². The number of hydrogen-bond donors (Lipinski definition) is 1. The van der Waals surface area contributed by atoms with E-state index in [1.807, 2.05) is 24.3 Å². The van der Waals surface area contributed by atoms with Crippen LogP contribution in [-0.4, -0.2) is 50.0 Å². The van der Waals surface area contributed by atoms with E-state index < -0.39 is 27.8 Å². The molecule has 1 saturated carbocycles. The molecular formula is C27H33BrF3N3O4S. The minimum atomic E-state index is -4.63. The molecule has 0 radical (unpaired) electrons. The first-order chi connectivity index (χ1) is 18.3. The van der Waals surface area contributed by atoms with Crippen molar-refractivity contribution < 1.29 is 31.2 Å². The molecule has 0 spiro atoms. The van der Waals surface area contributed by atoms with Gasteiger partial charge in [0.05, 0.1) is 17.5 Å². The molecule has 0 bridgehead atoms. The molecule has 7 nitrogen and oxygen atoms in total. The third-order valence-corrected chi connectivity index (χ3v) is 8.41. The fourth-order valence-electron chi connectivity index (χ4n) is 4.65. The summed E-state index contributed by atoms with van der Waals surface area (Å²) in [6.07, 6.45) is 0.116. The minimum absolute atomic E-state index is 0.0497. The topological polar surface area (TPSA) is 86.8 Å². The van der Waals surface area contributed by atoms with Crippen molar-refractivity contribution >= 4 is 43.5 Å². The standard InChI is InChI=1S/C27H33BrF3N3O4S/c1-19(26(36)32-23-11-3-4-12-23)33(18-20-8-5-10-22(28)16-20)25(35)14-7-15-34(39(2,37)38)24-13-6-9-21(17-24)27(29,30)31/h5-6,8-10,13,16-17,19,23H,3-4,7,11-12,14-15,18H2,1-2H3,(H,32,36)/t19-/m0/s1. The largest absolute Gasteiger partial charge is 0.416 e. The van der Waals surface area contributed by atoms with Gasteiger partial charge in [0.25, 0.3) is 0 Å². The lowest BCUT2D eigenvalue weighted by Crippen LogP contribution is -2.49. The molecule has 1 N–H and O–H groups in total. The van der Waals surface area contributed by atoms with Gasteiger partial charge in [0.15, 0.2) is 0 Å². The lowest BCUT2D eigenvalue weighted by Gasteiger charge is -2.30. The van der Waals surface area contributed by atoms with Crippen LogP contribution in [0.1, 0.15) is 56.6 Å². The molecule has 0 saturated heterocycles. The molecule has 0 aromatic heterocycles. The van der Waals surface area contributed by atoms with Crippen LogP contribution in [0.3, 0.4) is 0 Å². The normalized spacial score (nSPS) is 15.1. The molecule has 0 heterocycles. The van der Waals surface area contributed by atoms with Gasteiger partial charge < -0.3 is 10.2 Å². The summed E-state index contributed by atoms with van der Waals surface area (Å²) in [4.78, 5) is 27.9. The van der Waals surface area contributed by atoms with Gasteiger partial charge in [-0.3, -0.25) is 13.9 Å². The molecule has 3 rings (SSSR count). The number of halogens is 4. The molecule has 2 aromatic rings. The summed E-state index contributed by atoms with van der Waals surface area (Å²) in [6.45, 7) is 1.63. The third kappa shape index (κ3) is 8.96. The molecular weight excluding hydrogens is 599 g/mol. The summed E-state index contributed by atoms with van der Waals surface area (Å²) in [5.41, 5.74) is -0.290. The van der Waals surface area contributed by atoms with E-state index in [1.54, 1.807) is 6.92 Å². The highest BCUT2D eigenvalue weighted by Gasteiger charge is 2.32. The number of carbonyl (C=O) groups is 2. The summed E-state index contributed by atoms with van der Waals surface area (Å²) in [6, 6.07) is 10.7. The number of alkyl halides is 3. The monoisotopic (exact) mass is 631 g/mol. The second-order valence-corrected chi connectivity index (χ2v) is 12.6. The number of anilines is 1. The molecule has 1 aliphatic carbocycles. The van der Waals surface area contributed by atoms with Gasteiger partial charge in [-0.25, -0.2) is 8.42 Å². The zero-order valence-electron chi connectivity index (χ0n) is 21.9. The molecule has 2 amide bonds. The maximum absolute atomic E-state index is 13.4. The van der Waals surface area contributed by atoms with Crippen LogP contribution in [0.2, 0.25) is 0 Å². The number of hydrogen-bond acceptors (Lipinski definition) is 4. The summed E-state index contributed by atoms with van der Waals surface area (Å²) < 4.78 is 66.1. The third-order valence-electron chi connectivity index (χ3n) is 6.72. The van der Waals surface area contributed by atoms with Crippen molar-refractivity contribution in [3.63, 3.8) is 0 Å². The van der Waals surface area contributed by atoms with Crippen LogP contribution in [0.25, 0.3) is 0 Å². The maximum Gasteiger partial charge on any atom is 0.416 e. The number of sulfonamides is 1. The first-order valence-electron chi connectivity index (χ1n) is 12.7. The van der Waals surface area contributed by atoms with Gasteiger partial charge in [-0.15, -0.1) is 0 Å².